The van der Waals surface area contributed by atoms with E-state index in [-0.39, 0.29) is 5.56 Å². The van der Waals surface area contributed by atoms with Crippen LogP contribution in [-0.2, 0) is 4.43 Å². The third-order valence-electron chi connectivity index (χ3n) is 3.70. The summed E-state index contributed by atoms with van der Waals surface area (Å²) < 4.78 is 45.4. The van der Waals surface area contributed by atoms with Gasteiger partial charge in [0.15, 0.2) is 14.4 Å². The maximum Gasteiger partial charge on any atom is 0.417 e. The first-order valence-electron chi connectivity index (χ1n) is 6.68. The molecule has 0 N–H and O–H groups in total. The molecular formula is C14H21F3OSi. The second-order valence-electron chi connectivity index (χ2n) is 4.69. The monoisotopic (exact) mass is 290 g/mol. The molecule has 1 aromatic carbocycles. The van der Waals surface area contributed by atoms with Gasteiger partial charge in [-0.25, -0.2) is 0 Å². The fourth-order valence-corrected chi connectivity index (χ4v) is 4.97. The third-order valence-corrected chi connectivity index (χ3v) is 8.30. The molecule has 1 rings (SSSR count). The Morgan fingerprint density at radius 3 is 1.84 bits per heavy atom. The number of rotatable bonds is 6. The van der Waals surface area contributed by atoms with Crippen LogP contribution in [0.15, 0.2) is 30.3 Å². The largest absolute Gasteiger partial charge is 0.417 e. The smallest absolute Gasteiger partial charge is 0.402 e. The Morgan fingerprint density at radius 1 is 1.00 bits per heavy atom. The summed E-state index contributed by atoms with van der Waals surface area (Å²) in [5.74, 6) is 0. The van der Waals surface area contributed by atoms with Gasteiger partial charge in [-0.2, -0.15) is 13.2 Å². The first-order valence-corrected chi connectivity index (χ1v) is 9.21. The quantitative estimate of drug-likeness (QED) is 0.645. The van der Waals surface area contributed by atoms with Gasteiger partial charge in [0, 0.05) is 0 Å². The fourth-order valence-electron chi connectivity index (χ4n) is 2.20. The number of alkyl halides is 3. The van der Waals surface area contributed by atoms with E-state index in [0.29, 0.717) is 18.1 Å². The van der Waals surface area contributed by atoms with E-state index in [9.17, 15) is 13.2 Å². The zero-order valence-electron chi connectivity index (χ0n) is 11.6. The van der Waals surface area contributed by atoms with Gasteiger partial charge in [-0.1, -0.05) is 51.1 Å². The number of hydrogen-bond acceptors (Lipinski definition) is 1. The van der Waals surface area contributed by atoms with Gasteiger partial charge in [0.1, 0.15) is 0 Å². The Labute approximate surface area is 113 Å². The SMILES string of the molecule is CC[Si](CC)(CC)OC(c1ccccc1)C(F)(F)F. The van der Waals surface area contributed by atoms with Crippen LogP contribution in [0.1, 0.15) is 32.4 Å². The van der Waals surface area contributed by atoms with E-state index in [1.54, 1.807) is 18.2 Å². The minimum Gasteiger partial charge on any atom is -0.402 e. The van der Waals surface area contributed by atoms with E-state index >= 15 is 0 Å². The van der Waals surface area contributed by atoms with Crippen LogP contribution in [0.5, 0.6) is 0 Å². The molecule has 19 heavy (non-hydrogen) atoms. The molecule has 0 aliphatic carbocycles. The van der Waals surface area contributed by atoms with Crippen molar-refractivity contribution in [1.29, 1.82) is 0 Å². The minimum atomic E-state index is -4.36. The predicted molar refractivity (Wildman–Crippen MR) is 73.5 cm³/mol. The van der Waals surface area contributed by atoms with Crippen LogP contribution < -0.4 is 0 Å². The van der Waals surface area contributed by atoms with Crippen LogP contribution in [0.25, 0.3) is 0 Å². The number of halogens is 3. The van der Waals surface area contributed by atoms with Crippen LogP contribution in [0, 0.1) is 0 Å². The van der Waals surface area contributed by atoms with Crippen molar-refractivity contribution < 1.29 is 17.6 Å². The number of hydrogen-bond donors (Lipinski definition) is 0. The van der Waals surface area contributed by atoms with Crippen molar-refractivity contribution in [2.75, 3.05) is 0 Å². The summed E-state index contributed by atoms with van der Waals surface area (Å²) in [6.07, 6.45) is -6.15. The van der Waals surface area contributed by atoms with Gasteiger partial charge in [0.2, 0.25) is 0 Å². The summed E-state index contributed by atoms with van der Waals surface area (Å²) in [5.41, 5.74) is 0.197. The van der Waals surface area contributed by atoms with Gasteiger partial charge >= 0.3 is 6.18 Å². The molecular weight excluding hydrogens is 269 g/mol. The highest BCUT2D eigenvalue weighted by Crippen LogP contribution is 2.40. The molecule has 0 bridgehead atoms. The Balaban J connectivity index is 3.07. The molecule has 0 spiro atoms. The minimum absolute atomic E-state index is 0.197. The molecule has 1 nitrogen and oxygen atoms in total. The molecule has 0 aliphatic heterocycles. The predicted octanol–water partition coefficient (Wildman–Crippen LogP) is 5.31. The lowest BCUT2D eigenvalue weighted by atomic mass is 10.1. The normalized spacial score (nSPS) is 14.4. The van der Waals surface area contributed by atoms with Crippen LogP contribution in [0.3, 0.4) is 0 Å². The highest BCUT2D eigenvalue weighted by molar-refractivity contribution is 6.73. The van der Waals surface area contributed by atoms with Gasteiger partial charge in [-0.15, -0.1) is 0 Å². The zero-order chi connectivity index (χ0) is 14.5. The topological polar surface area (TPSA) is 9.23 Å². The molecule has 0 fully saturated rings. The van der Waals surface area contributed by atoms with Gasteiger partial charge in [-0.3, -0.25) is 0 Å². The number of benzene rings is 1. The Morgan fingerprint density at radius 2 is 1.47 bits per heavy atom. The van der Waals surface area contributed by atoms with Gasteiger partial charge in [0.25, 0.3) is 0 Å². The summed E-state index contributed by atoms with van der Waals surface area (Å²) >= 11 is 0. The van der Waals surface area contributed by atoms with Crippen molar-refractivity contribution in [3.05, 3.63) is 35.9 Å². The van der Waals surface area contributed by atoms with Crippen molar-refractivity contribution >= 4 is 8.32 Å². The molecule has 0 aliphatic rings. The van der Waals surface area contributed by atoms with Crippen molar-refractivity contribution in [3.8, 4) is 0 Å². The van der Waals surface area contributed by atoms with Crippen molar-refractivity contribution in [2.45, 2.75) is 51.2 Å². The average Bonchev–Trinajstić information content (AvgIpc) is 2.41. The van der Waals surface area contributed by atoms with E-state index in [4.69, 9.17) is 4.43 Å². The Hall–Kier alpha value is -0.813. The molecule has 0 saturated carbocycles. The second kappa shape index (κ2) is 6.57. The third kappa shape index (κ3) is 4.08. The summed E-state index contributed by atoms with van der Waals surface area (Å²) in [5, 5.41) is 0. The molecule has 0 radical (unpaired) electrons. The molecule has 1 atom stereocenters. The Bertz CT molecular complexity index is 366. The molecule has 0 saturated heterocycles. The fraction of sp³-hybridized carbons (Fsp3) is 0.571. The Kier molecular flexibility index (Phi) is 5.61. The van der Waals surface area contributed by atoms with Gasteiger partial charge < -0.3 is 4.43 Å². The first-order chi connectivity index (χ1) is 8.88. The van der Waals surface area contributed by atoms with Crippen molar-refractivity contribution in [3.63, 3.8) is 0 Å². The summed E-state index contributed by atoms with van der Waals surface area (Å²) in [7, 11) is -2.29. The lowest BCUT2D eigenvalue weighted by molar-refractivity contribution is -0.201. The first kappa shape index (κ1) is 16.2. The van der Waals surface area contributed by atoms with E-state index in [1.807, 2.05) is 20.8 Å². The highest BCUT2D eigenvalue weighted by atomic mass is 28.4. The van der Waals surface area contributed by atoms with E-state index in [2.05, 4.69) is 0 Å². The van der Waals surface area contributed by atoms with Crippen LogP contribution in [-0.4, -0.2) is 14.5 Å². The summed E-state index contributed by atoms with van der Waals surface area (Å²) in [6, 6.07) is 10.0. The van der Waals surface area contributed by atoms with Gasteiger partial charge in [0.05, 0.1) is 0 Å². The molecule has 1 aromatic rings. The molecule has 0 heterocycles. The maximum absolute atomic E-state index is 13.2. The van der Waals surface area contributed by atoms with Gasteiger partial charge in [-0.05, 0) is 23.7 Å². The second-order valence-corrected chi connectivity index (χ2v) is 9.42. The van der Waals surface area contributed by atoms with E-state index in [0.717, 1.165) is 0 Å². The molecule has 5 heteroatoms. The summed E-state index contributed by atoms with van der Waals surface area (Å²) in [4.78, 5) is 0. The lowest BCUT2D eigenvalue weighted by Gasteiger charge is -2.34. The van der Waals surface area contributed by atoms with E-state index in [1.165, 1.54) is 12.1 Å². The van der Waals surface area contributed by atoms with Crippen molar-refractivity contribution in [2.24, 2.45) is 0 Å². The highest BCUT2D eigenvalue weighted by Gasteiger charge is 2.46. The zero-order valence-corrected chi connectivity index (χ0v) is 12.6. The van der Waals surface area contributed by atoms with Crippen LogP contribution in [0.2, 0.25) is 18.1 Å². The standard InChI is InChI=1S/C14H21F3OSi/c1-4-19(5-2,6-3)18-13(14(15,16)17)12-10-8-7-9-11-12/h7-11,13H,4-6H2,1-3H3. The maximum atomic E-state index is 13.2. The lowest BCUT2D eigenvalue weighted by Crippen LogP contribution is -2.41. The average molecular weight is 290 g/mol. The molecule has 0 aromatic heterocycles. The van der Waals surface area contributed by atoms with Crippen LogP contribution >= 0.6 is 0 Å². The molecule has 1 unspecified atom stereocenters. The van der Waals surface area contributed by atoms with Crippen molar-refractivity contribution in [1.82, 2.24) is 0 Å². The van der Waals surface area contributed by atoms with Crippen LogP contribution in [0.4, 0.5) is 13.2 Å². The van der Waals surface area contributed by atoms with E-state index < -0.39 is 20.6 Å². The molecule has 0 amide bonds. The molecule has 108 valence electrons. The summed E-state index contributed by atoms with van der Waals surface area (Å²) in [6.45, 7) is 5.78.